The van der Waals surface area contributed by atoms with Gasteiger partial charge in [0.25, 0.3) is 0 Å². The first-order valence-corrected chi connectivity index (χ1v) is 6.47. The van der Waals surface area contributed by atoms with E-state index in [1.165, 1.54) is 0 Å². The van der Waals surface area contributed by atoms with Gasteiger partial charge in [0.2, 0.25) is 0 Å². The number of amides is 2. The molecular weight excluding hydrogens is 232 g/mol. The molecule has 1 fully saturated rings. The van der Waals surface area contributed by atoms with Crippen LogP contribution in [0.5, 0.6) is 0 Å². The highest BCUT2D eigenvalue weighted by atomic mass is 16.4. The molecule has 0 bridgehead atoms. The number of rotatable bonds is 6. The molecule has 0 radical (unpaired) electrons. The Bertz CT molecular complexity index is 317. The van der Waals surface area contributed by atoms with Crippen molar-refractivity contribution in [1.82, 2.24) is 10.2 Å². The van der Waals surface area contributed by atoms with Crippen LogP contribution in [-0.4, -0.2) is 41.1 Å². The summed E-state index contributed by atoms with van der Waals surface area (Å²) in [5, 5.41) is 11.8. The summed E-state index contributed by atoms with van der Waals surface area (Å²) in [4.78, 5) is 24.5. The lowest BCUT2D eigenvalue weighted by molar-refractivity contribution is -0.141. The van der Waals surface area contributed by atoms with Crippen LogP contribution in [0.4, 0.5) is 4.79 Å². The van der Waals surface area contributed by atoms with Crippen LogP contribution >= 0.6 is 0 Å². The molecule has 0 aromatic rings. The average Bonchev–Trinajstić information content (AvgIpc) is 2.77. The maximum absolute atomic E-state index is 12.0. The molecule has 5 nitrogen and oxygen atoms in total. The zero-order valence-electron chi connectivity index (χ0n) is 10.9. The summed E-state index contributed by atoms with van der Waals surface area (Å²) in [5.74, 6) is -1.07. The maximum Gasteiger partial charge on any atom is 0.317 e. The molecule has 2 N–H and O–H groups in total. The van der Waals surface area contributed by atoms with Gasteiger partial charge < -0.3 is 15.3 Å². The lowest BCUT2D eigenvalue weighted by Crippen LogP contribution is -2.44. The fourth-order valence-corrected chi connectivity index (χ4v) is 2.30. The van der Waals surface area contributed by atoms with Crippen molar-refractivity contribution in [3.8, 4) is 0 Å². The summed E-state index contributed by atoms with van der Waals surface area (Å²) >= 11 is 0. The number of hydrogen-bond donors (Lipinski definition) is 2. The Morgan fingerprint density at radius 2 is 2.22 bits per heavy atom. The Balaban J connectivity index is 2.43. The van der Waals surface area contributed by atoms with E-state index < -0.39 is 5.97 Å². The van der Waals surface area contributed by atoms with E-state index in [0.717, 1.165) is 12.8 Å². The standard InChI is InChI=1S/C13H22N2O3/c1-3-7-15(8-4-2)13(18)14-11-6-5-10(9-11)12(16)17/h3,10-11H,1,4-9H2,2H3,(H,14,18)(H,16,17)/t10-,11+/m1/s1. The Morgan fingerprint density at radius 3 is 2.72 bits per heavy atom. The molecule has 5 heteroatoms. The van der Waals surface area contributed by atoms with Crippen LogP contribution in [0.25, 0.3) is 0 Å². The van der Waals surface area contributed by atoms with E-state index >= 15 is 0 Å². The third-order valence-electron chi connectivity index (χ3n) is 3.24. The van der Waals surface area contributed by atoms with Gasteiger partial charge in [-0.15, -0.1) is 6.58 Å². The second kappa shape index (κ2) is 7.03. The van der Waals surface area contributed by atoms with Gasteiger partial charge in [-0.3, -0.25) is 4.79 Å². The molecule has 1 rings (SSSR count). The van der Waals surface area contributed by atoms with Crippen LogP contribution in [0.1, 0.15) is 32.6 Å². The minimum atomic E-state index is -0.761. The maximum atomic E-state index is 12.0. The predicted molar refractivity (Wildman–Crippen MR) is 69.4 cm³/mol. The first kappa shape index (κ1) is 14.5. The van der Waals surface area contributed by atoms with Crippen molar-refractivity contribution >= 4 is 12.0 Å². The van der Waals surface area contributed by atoms with Crippen LogP contribution in [0, 0.1) is 5.92 Å². The molecule has 0 aliphatic heterocycles. The molecule has 2 amide bonds. The number of hydrogen-bond acceptors (Lipinski definition) is 2. The van der Waals surface area contributed by atoms with E-state index in [9.17, 15) is 9.59 Å². The fourth-order valence-electron chi connectivity index (χ4n) is 2.30. The number of carboxylic acid groups (broad SMARTS) is 1. The first-order valence-electron chi connectivity index (χ1n) is 6.47. The van der Waals surface area contributed by atoms with E-state index in [0.29, 0.717) is 25.9 Å². The Morgan fingerprint density at radius 1 is 1.50 bits per heavy atom. The van der Waals surface area contributed by atoms with Gasteiger partial charge in [0, 0.05) is 19.1 Å². The van der Waals surface area contributed by atoms with Crippen LogP contribution in [0.2, 0.25) is 0 Å². The quantitative estimate of drug-likeness (QED) is 0.711. The fraction of sp³-hybridized carbons (Fsp3) is 0.692. The number of carbonyl (C=O) groups is 2. The summed E-state index contributed by atoms with van der Waals surface area (Å²) in [6.45, 7) is 6.86. The van der Waals surface area contributed by atoms with Crippen molar-refractivity contribution in [2.24, 2.45) is 5.92 Å². The highest BCUT2D eigenvalue weighted by Crippen LogP contribution is 2.25. The minimum Gasteiger partial charge on any atom is -0.481 e. The Labute approximate surface area is 108 Å². The molecule has 2 atom stereocenters. The number of urea groups is 1. The van der Waals surface area contributed by atoms with Crippen LogP contribution < -0.4 is 5.32 Å². The van der Waals surface area contributed by atoms with Gasteiger partial charge in [-0.1, -0.05) is 13.0 Å². The van der Waals surface area contributed by atoms with Crippen LogP contribution in [-0.2, 0) is 4.79 Å². The molecule has 1 saturated carbocycles. The summed E-state index contributed by atoms with van der Waals surface area (Å²) in [7, 11) is 0. The van der Waals surface area contributed by atoms with Gasteiger partial charge in [-0.05, 0) is 25.7 Å². The van der Waals surface area contributed by atoms with Gasteiger partial charge in [0.1, 0.15) is 0 Å². The van der Waals surface area contributed by atoms with E-state index in [2.05, 4.69) is 11.9 Å². The molecule has 1 aliphatic carbocycles. The van der Waals surface area contributed by atoms with Crippen molar-refractivity contribution in [3.63, 3.8) is 0 Å². The third-order valence-corrected chi connectivity index (χ3v) is 3.24. The molecule has 0 aromatic carbocycles. The van der Waals surface area contributed by atoms with Crippen molar-refractivity contribution in [2.75, 3.05) is 13.1 Å². The summed E-state index contributed by atoms with van der Waals surface area (Å²) in [5.41, 5.74) is 0. The summed E-state index contributed by atoms with van der Waals surface area (Å²) in [6.07, 6.45) is 4.52. The highest BCUT2D eigenvalue weighted by molar-refractivity contribution is 5.75. The van der Waals surface area contributed by atoms with Gasteiger partial charge >= 0.3 is 12.0 Å². The number of nitrogens with zero attached hydrogens (tertiary/aromatic N) is 1. The van der Waals surface area contributed by atoms with Crippen molar-refractivity contribution < 1.29 is 14.7 Å². The van der Waals surface area contributed by atoms with Gasteiger partial charge in [-0.25, -0.2) is 4.79 Å². The van der Waals surface area contributed by atoms with Gasteiger partial charge in [-0.2, -0.15) is 0 Å². The zero-order valence-corrected chi connectivity index (χ0v) is 10.9. The lowest BCUT2D eigenvalue weighted by atomic mass is 10.1. The van der Waals surface area contributed by atoms with Crippen LogP contribution in [0.15, 0.2) is 12.7 Å². The van der Waals surface area contributed by atoms with E-state index in [-0.39, 0.29) is 18.0 Å². The molecular formula is C13H22N2O3. The van der Waals surface area contributed by atoms with Crippen molar-refractivity contribution in [2.45, 2.75) is 38.6 Å². The average molecular weight is 254 g/mol. The van der Waals surface area contributed by atoms with Crippen molar-refractivity contribution in [1.29, 1.82) is 0 Å². The largest absolute Gasteiger partial charge is 0.481 e. The minimum absolute atomic E-state index is 0.0113. The van der Waals surface area contributed by atoms with E-state index in [1.807, 2.05) is 6.92 Å². The first-order chi connectivity index (χ1) is 8.58. The number of carboxylic acids is 1. The highest BCUT2D eigenvalue weighted by Gasteiger charge is 2.31. The molecule has 0 unspecified atom stereocenters. The van der Waals surface area contributed by atoms with E-state index in [4.69, 9.17) is 5.11 Å². The number of carbonyl (C=O) groups excluding carboxylic acids is 1. The molecule has 1 aliphatic rings. The van der Waals surface area contributed by atoms with Crippen molar-refractivity contribution in [3.05, 3.63) is 12.7 Å². The monoisotopic (exact) mass is 254 g/mol. The van der Waals surface area contributed by atoms with Gasteiger partial charge in [0.05, 0.1) is 5.92 Å². The molecule has 0 aromatic heterocycles. The Hall–Kier alpha value is -1.52. The number of nitrogens with one attached hydrogen (secondary N) is 1. The van der Waals surface area contributed by atoms with Crippen LogP contribution in [0.3, 0.4) is 0 Å². The second-order valence-electron chi connectivity index (χ2n) is 4.73. The predicted octanol–water partition coefficient (Wildman–Crippen LogP) is 1.85. The topological polar surface area (TPSA) is 69.6 Å². The molecule has 0 heterocycles. The normalized spacial score (nSPS) is 22.5. The molecule has 0 saturated heterocycles. The molecule has 18 heavy (non-hydrogen) atoms. The van der Waals surface area contributed by atoms with Gasteiger partial charge in [0.15, 0.2) is 0 Å². The Kier molecular flexibility index (Phi) is 5.68. The smallest absolute Gasteiger partial charge is 0.317 e. The summed E-state index contributed by atoms with van der Waals surface area (Å²) < 4.78 is 0. The number of aliphatic carboxylic acids is 1. The lowest BCUT2D eigenvalue weighted by Gasteiger charge is -2.23. The summed E-state index contributed by atoms with van der Waals surface area (Å²) in [6, 6.07) is -0.129. The molecule has 102 valence electrons. The molecule has 0 spiro atoms. The second-order valence-corrected chi connectivity index (χ2v) is 4.73. The van der Waals surface area contributed by atoms with E-state index in [1.54, 1.807) is 11.0 Å². The SMILES string of the molecule is C=CCN(CCC)C(=O)N[C@H]1CC[C@@H](C(=O)O)C1. The zero-order chi connectivity index (χ0) is 13.5. The third kappa shape index (κ3) is 4.05.